The molecule has 0 bridgehead atoms. The zero-order valence-corrected chi connectivity index (χ0v) is 7.58. The summed E-state index contributed by atoms with van der Waals surface area (Å²) in [5.41, 5.74) is 0.624. The van der Waals surface area contributed by atoms with E-state index in [2.05, 4.69) is 4.98 Å². The van der Waals surface area contributed by atoms with Crippen LogP contribution >= 0.6 is 0 Å². The fourth-order valence-corrected chi connectivity index (χ4v) is 1.46. The molecule has 0 saturated carbocycles. The fourth-order valence-electron chi connectivity index (χ4n) is 0.736. The molecule has 0 atom stereocenters. The van der Waals surface area contributed by atoms with Crippen molar-refractivity contribution in [3.63, 3.8) is 0 Å². The Hall–Kier alpha value is -0.900. The average Bonchev–Trinajstić information content (AvgIpc) is 2.06. The van der Waals surface area contributed by atoms with Crippen molar-refractivity contribution in [2.45, 2.75) is 6.92 Å². The van der Waals surface area contributed by atoms with Crippen LogP contribution in [0.5, 0.6) is 0 Å². The van der Waals surface area contributed by atoms with Crippen molar-refractivity contribution in [3.8, 4) is 0 Å². The molecule has 1 heterocycles. The number of sulfone groups is 1. The third-order valence-electron chi connectivity index (χ3n) is 1.40. The molecule has 1 radical (unpaired) electrons. The van der Waals surface area contributed by atoms with Gasteiger partial charge in [-0.1, -0.05) is 13.0 Å². The molecule has 3 nitrogen and oxygen atoms in total. The van der Waals surface area contributed by atoms with Crippen molar-refractivity contribution in [2.24, 2.45) is 0 Å². The number of hydrogen-bond acceptors (Lipinski definition) is 3. The van der Waals surface area contributed by atoms with Gasteiger partial charge in [0.05, 0.1) is 0 Å². The van der Waals surface area contributed by atoms with Crippen molar-refractivity contribution in [2.75, 3.05) is 5.75 Å². The Morgan fingerprint density at radius 2 is 2.33 bits per heavy atom. The first-order valence-electron chi connectivity index (χ1n) is 3.61. The summed E-state index contributed by atoms with van der Waals surface area (Å²) in [7, 11) is -3.04. The topological polar surface area (TPSA) is 47.0 Å². The van der Waals surface area contributed by atoms with Crippen molar-refractivity contribution >= 4 is 9.84 Å². The highest BCUT2D eigenvalue weighted by Gasteiger charge is 2.08. The first-order chi connectivity index (χ1) is 5.64. The van der Waals surface area contributed by atoms with Crippen LogP contribution in [0, 0.1) is 5.75 Å². The fraction of sp³-hybridized carbons (Fsp3) is 0.250. The third kappa shape index (κ3) is 2.62. The van der Waals surface area contributed by atoms with Crippen molar-refractivity contribution in [3.05, 3.63) is 35.8 Å². The maximum atomic E-state index is 11.1. The predicted molar refractivity (Wildman–Crippen MR) is 47.1 cm³/mol. The van der Waals surface area contributed by atoms with Gasteiger partial charge in [0, 0.05) is 18.1 Å². The van der Waals surface area contributed by atoms with E-state index in [1.807, 2.05) is 0 Å². The molecule has 0 aliphatic rings. The van der Waals surface area contributed by atoms with Gasteiger partial charge in [-0.2, -0.15) is 0 Å². The van der Waals surface area contributed by atoms with Crippen LogP contribution in [0.4, 0.5) is 0 Å². The second-order valence-electron chi connectivity index (χ2n) is 2.36. The van der Waals surface area contributed by atoms with Crippen LogP contribution in [0.25, 0.3) is 0 Å². The highest BCUT2D eigenvalue weighted by molar-refractivity contribution is 7.93. The summed E-state index contributed by atoms with van der Waals surface area (Å²) in [5.74, 6) is 1.36. The number of nitrogens with zero attached hydrogens (tertiary/aromatic N) is 1. The summed E-state index contributed by atoms with van der Waals surface area (Å²) in [6, 6.07) is 3.41. The molecule has 65 valence electrons. The normalized spacial score (nSPS) is 11.4. The van der Waals surface area contributed by atoms with Gasteiger partial charge in [-0.3, -0.25) is 4.98 Å². The summed E-state index contributed by atoms with van der Waals surface area (Å²) >= 11 is 0. The third-order valence-corrected chi connectivity index (χ3v) is 2.84. The Morgan fingerprint density at radius 3 is 2.83 bits per heavy atom. The first-order valence-corrected chi connectivity index (χ1v) is 5.33. The van der Waals surface area contributed by atoms with Gasteiger partial charge >= 0.3 is 0 Å². The summed E-state index contributed by atoms with van der Waals surface area (Å²) < 4.78 is 22.2. The Balaban J connectivity index is 2.78. The summed E-state index contributed by atoms with van der Waals surface area (Å²) in [6.07, 6.45) is 3.13. The number of aromatic nitrogens is 1. The Kier molecular flexibility index (Phi) is 2.81. The van der Waals surface area contributed by atoms with Gasteiger partial charge in [-0.05, 0) is 11.6 Å². The van der Waals surface area contributed by atoms with Crippen molar-refractivity contribution in [1.29, 1.82) is 0 Å². The van der Waals surface area contributed by atoms with Gasteiger partial charge in [0.2, 0.25) is 0 Å². The maximum Gasteiger partial charge on any atom is 0.158 e. The smallest absolute Gasteiger partial charge is 0.158 e. The summed E-state index contributed by atoms with van der Waals surface area (Å²) in [5, 5.41) is 0. The summed E-state index contributed by atoms with van der Waals surface area (Å²) in [4.78, 5) is 3.81. The molecule has 0 amide bonds. The lowest BCUT2D eigenvalue weighted by molar-refractivity contribution is 0.603. The average molecular weight is 184 g/mol. The predicted octanol–water partition coefficient (Wildman–Crippen LogP) is 1.03. The largest absolute Gasteiger partial charge is 0.264 e. The molecule has 0 unspecified atom stereocenters. The van der Waals surface area contributed by atoms with E-state index in [1.54, 1.807) is 25.3 Å². The van der Waals surface area contributed by atoms with Crippen LogP contribution in [0.2, 0.25) is 0 Å². The Morgan fingerprint density at radius 1 is 1.58 bits per heavy atom. The molecular formula is C8H10NO2S. The minimum Gasteiger partial charge on any atom is -0.264 e. The lowest BCUT2D eigenvalue weighted by Crippen LogP contribution is -2.03. The number of rotatable bonds is 3. The molecular weight excluding hydrogens is 174 g/mol. The second kappa shape index (κ2) is 3.67. The zero-order valence-electron chi connectivity index (χ0n) is 6.77. The molecule has 0 aromatic carbocycles. The molecule has 4 heteroatoms. The van der Waals surface area contributed by atoms with Crippen LogP contribution in [0.15, 0.2) is 24.5 Å². The highest BCUT2D eigenvalue weighted by atomic mass is 32.2. The van der Waals surface area contributed by atoms with E-state index in [9.17, 15) is 8.42 Å². The zero-order chi connectivity index (χ0) is 9.03. The SMILES string of the molecule is CCS(=O)(=O)[CH]c1cccnc1. The lowest BCUT2D eigenvalue weighted by Gasteiger charge is -1.98. The Labute approximate surface area is 72.4 Å². The molecule has 0 spiro atoms. The van der Waals surface area contributed by atoms with E-state index in [0.717, 1.165) is 0 Å². The van der Waals surface area contributed by atoms with Crippen LogP contribution in [0.3, 0.4) is 0 Å². The first kappa shape index (κ1) is 9.19. The van der Waals surface area contributed by atoms with Gasteiger partial charge < -0.3 is 0 Å². The van der Waals surface area contributed by atoms with Crippen molar-refractivity contribution < 1.29 is 8.42 Å². The van der Waals surface area contributed by atoms with Crippen LogP contribution in [-0.2, 0) is 9.84 Å². The van der Waals surface area contributed by atoms with Gasteiger partial charge in [0.15, 0.2) is 9.84 Å². The van der Waals surface area contributed by atoms with Crippen LogP contribution in [0.1, 0.15) is 12.5 Å². The van der Waals surface area contributed by atoms with E-state index in [-0.39, 0.29) is 5.75 Å². The molecule has 12 heavy (non-hydrogen) atoms. The number of hydrogen-bond donors (Lipinski definition) is 0. The molecule has 1 rings (SSSR count). The standard InChI is InChI=1S/C8H10NO2S/c1-2-12(10,11)7-8-4-3-5-9-6-8/h3-7H,2H2,1H3. The molecule has 0 N–H and O–H groups in total. The molecule has 1 aromatic heterocycles. The maximum absolute atomic E-state index is 11.1. The minimum atomic E-state index is -3.04. The summed E-state index contributed by atoms with van der Waals surface area (Å²) in [6.45, 7) is 1.61. The molecule has 1 aromatic rings. The quantitative estimate of drug-likeness (QED) is 0.704. The van der Waals surface area contributed by atoms with Gasteiger partial charge in [0.25, 0.3) is 0 Å². The monoisotopic (exact) mass is 184 g/mol. The van der Waals surface area contributed by atoms with Gasteiger partial charge in [-0.15, -0.1) is 0 Å². The van der Waals surface area contributed by atoms with Crippen LogP contribution < -0.4 is 0 Å². The highest BCUT2D eigenvalue weighted by Crippen LogP contribution is 2.06. The van der Waals surface area contributed by atoms with E-state index in [0.29, 0.717) is 5.56 Å². The van der Waals surface area contributed by atoms with E-state index in [1.165, 1.54) is 11.9 Å². The molecule has 0 aliphatic heterocycles. The number of pyridine rings is 1. The van der Waals surface area contributed by atoms with Crippen LogP contribution in [-0.4, -0.2) is 19.2 Å². The molecule has 0 aliphatic carbocycles. The molecule has 0 saturated heterocycles. The van der Waals surface area contributed by atoms with Crippen molar-refractivity contribution in [1.82, 2.24) is 4.98 Å². The molecule has 0 fully saturated rings. The van der Waals surface area contributed by atoms with E-state index in [4.69, 9.17) is 0 Å². The van der Waals surface area contributed by atoms with Gasteiger partial charge in [0.1, 0.15) is 5.75 Å². The lowest BCUT2D eigenvalue weighted by atomic mass is 10.3. The second-order valence-corrected chi connectivity index (χ2v) is 4.49. The Bertz CT molecular complexity index is 331. The van der Waals surface area contributed by atoms with Gasteiger partial charge in [-0.25, -0.2) is 8.42 Å². The van der Waals surface area contributed by atoms with E-state index >= 15 is 0 Å². The minimum absolute atomic E-state index is 0.127. The van der Waals surface area contributed by atoms with E-state index < -0.39 is 9.84 Å².